The molecule has 6 heteroatoms. The average molecular weight is 372 g/mol. The van der Waals surface area contributed by atoms with E-state index >= 15 is 0 Å². The summed E-state index contributed by atoms with van der Waals surface area (Å²) >= 11 is 0. The van der Waals surface area contributed by atoms with Crippen molar-refractivity contribution >= 4 is 17.7 Å². The Morgan fingerprint density at radius 2 is 1.81 bits per heavy atom. The second-order valence-electron chi connectivity index (χ2n) is 6.46. The summed E-state index contributed by atoms with van der Waals surface area (Å²) in [6.07, 6.45) is 2.98. The van der Waals surface area contributed by atoms with Crippen LogP contribution < -0.4 is 10.2 Å². The molecule has 1 saturated heterocycles. The number of hydrogen-bond donors (Lipinski definition) is 1. The topological polar surface area (TPSA) is 41.6 Å². The molecule has 1 N–H and O–H groups in total. The van der Waals surface area contributed by atoms with Gasteiger partial charge in [-0.25, -0.2) is 8.78 Å². The van der Waals surface area contributed by atoms with Crippen LogP contribution in [-0.4, -0.2) is 32.2 Å². The normalized spacial score (nSPS) is 15.7. The highest BCUT2D eigenvalue weighted by Gasteiger charge is 2.15. The van der Waals surface area contributed by atoms with Crippen LogP contribution in [0.5, 0.6) is 0 Å². The third-order valence-corrected chi connectivity index (χ3v) is 4.44. The molecule has 3 rings (SSSR count). The standard InChI is InChI=1S/C21H22F2N2O2/c1-15(24-21(26)7-4-16-2-5-18(22)6-3-16)17-12-19(23)14-20(13-17)25-8-10-27-11-9-25/h2-7,12-15H,8-11H2,1H3,(H,24,26). The first-order chi connectivity index (χ1) is 13.0. The molecule has 2 aromatic rings. The van der Waals surface area contributed by atoms with Gasteiger partial charge in [-0.1, -0.05) is 12.1 Å². The fourth-order valence-electron chi connectivity index (χ4n) is 2.94. The van der Waals surface area contributed by atoms with Crippen molar-refractivity contribution in [2.24, 2.45) is 0 Å². The van der Waals surface area contributed by atoms with Crippen LogP contribution in [0.25, 0.3) is 6.08 Å². The van der Waals surface area contributed by atoms with E-state index in [4.69, 9.17) is 4.74 Å². The molecule has 0 bridgehead atoms. The number of hydrogen-bond acceptors (Lipinski definition) is 3. The average Bonchev–Trinajstić information content (AvgIpc) is 2.68. The van der Waals surface area contributed by atoms with Gasteiger partial charge in [-0.15, -0.1) is 0 Å². The van der Waals surface area contributed by atoms with Gasteiger partial charge in [0.1, 0.15) is 11.6 Å². The molecule has 1 amide bonds. The lowest BCUT2D eigenvalue weighted by Crippen LogP contribution is -2.36. The number of rotatable bonds is 5. The van der Waals surface area contributed by atoms with E-state index in [1.54, 1.807) is 18.2 Å². The molecule has 1 heterocycles. The third kappa shape index (κ3) is 5.37. The maximum Gasteiger partial charge on any atom is 0.244 e. The van der Waals surface area contributed by atoms with Gasteiger partial charge >= 0.3 is 0 Å². The summed E-state index contributed by atoms with van der Waals surface area (Å²) in [5.74, 6) is -0.964. The molecule has 4 nitrogen and oxygen atoms in total. The van der Waals surface area contributed by atoms with Crippen molar-refractivity contribution < 1.29 is 18.3 Å². The zero-order valence-electron chi connectivity index (χ0n) is 15.1. The first-order valence-corrected chi connectivity index (χ1v) is 8.88. The molecule has 1 unspecified atom stereocenters. The summed E-state index contributed by atoms with van der Waals surface area (Å²) in [7, 11) is 0. The van der Waals surface area contributed by atoms with E-state index in [2.05, 4.69) is 10.2 Å². The van der Waals surface area contributed by atoms with Crippen molar-refractivity contribution in [3.05, 3.63) is 71.3 Å². The van der Waals surface area contributed by atoms with Crippen LogP contribution in [0.1, 0.15) is 24.1 Å². The van der Waals surface area contributed by atoms with Crippen molar-refractivity contribution in [2.75, 3.05) is 31.2 Å². The van der Waals surface area contributed by atoms with Gasteiger partial charge in [0.15, 0.2) is 0 Å². The van der Waals surface area contributed by atoms with Gasteiger partial charge in [-0.05, 0) is 54.5 Å². The number of morpholine rings is 1. The van der Waals surface area contributed by atoms with Gasteiger partial charge in [-0.2, -0.15) is 0 Å². The number of carbonyl (C=O) groups excluding carboxylic acids is 1. The van der Waals surface area contributed by atoms with Crippen molar-refractivity contribution in [3.8, 4) is 0 Å². The van der Waals surface area contributed by atoms with Crippen LogP contribution in [0.4, 0.5) is 14.5 Å². The number of amides is 1. The number of benzene rings is 2. The Balaban J connectivity index is 1.66. The van der Waals surface area contributed by atoms with Crippen LogP contribution in [0.2, 0.25) is 0 Å². The van der Waals surface area contributed by atoms with Gasteiger partial charge in [0.2, 0.25) is 5.91 Å². The number of nitrogens with one attached hydrogen (secondary N) is 1. The quantitative estimate of drug-likeness (QED) is 0.814. The van der Waals surface area contributed by atoms with E-state index in [0.717, 1.165) is 11.3 Å². The lowest BCUT2D eigenvalue weighted by atomic mass is 10.1. The molecule has 0 aromatic heterocycles. The Kier molecular flexibility index (Phi) is 6.19. The zero-order valence-corrected chi connectivity index (χ0v) is 15.1. The smallest absolute Gasteiger partial charge is 0.244 e. The Labute approximate surface area is 157 Å². The molecule has 2 aromatic carbocycles. The molecule has 27 heavy (non-hydrogen) atoms. The minimum absolute atomic E-state index is 0.302. The van der Waals surface area contributed by atoms with E-state index in [1.165, 1.54) is 30.3 Å². The third-order valence-electron chi connectivity index (χ3n) is 4.44. The second kappa shape index (κ2) is 8.77. The van der Waals surface area contributed by atoms with Gasteiger partial charge < -0.3 is 15.0 Å². The maximum absolute atomic E-state index is 14.1. The van der Waals surface area contributed by atoms with Gasteiger partial charge in [0.25, 0.3) is 0 Å². The highest BCUT2D eigenvalue weighted by molar-refractivity contribution is 5.92. The molecule has 0 aliphatic carbocycles. The number of ether oxygens (including phenoxy) is 1. The van der Waals surface area contributed by atoms with Crippen LogP contribution in [0.3, 0.4) is 0 Å². The first kappa shape index (κ1) is 19.0. The second-order valence-corrected chi connectivity index (χ2v) is 6.46. The molecule has 0 saturated carbocycles. The Bertz CT molecular complexity index is 815. The number of carbonyl (C=O) groups is 1. The van der Waals surface area contributed by atoms with Gasteiger partial charge in [0, 0.05) is 24.9 Å². The molecular weight excluding hydrogens is 350 g/mol. The summed E-state index contributed by atoms with van der Waals surface area (Å²) in [5, 5.41) is 2.83. The minimum atomic E-state index is -0.356. The highest BCUT2D eigenvalue weighted by Crippen LogP contribution is 2.23. The summed E-state index contributed by atoms with van der Waals surface area (Å²) in [6, 6.07) is 10.3. The Morgan fingerprint density at radius 3 is 2.52 bits per heavy atom. The minimum Gasteiger partial charge on any atom is -0.378 e. The largest absolute Gasteiger partial charge is 0.378 e. The van der Waals surface area contributed by atoms with Crippen molar-refractivity contribution in [2.45, 2.75) is 13.0 Å². The van der Waals surface area contributed by atoms with E-state index in [1.807, 2.05) is 13.0 Å². The number of anilines is 1. The lowest BCUT2D eigenvalue weighted by Gasteiger charge is -2.29. The van der Waals surface area contributed by atoms with Gasteiger partial charge in [-0.3, -0.25) is 4.79 Å². The first-order valence-electron chi connectivity index (χ1n) is 8.88. The summed E-state index contributed by atoms with van der Waals surface area (Å²) in [4.78, 5) is 14.2. The molecule has 1 aliphatic rings. The van der Waals surface area contributed by atoms with E-state index in [0.29, 0.717) is 31.9 Å². The van der Waals surface area contributed by atoms with Crippen molar-refractivity contribution in [3.63, 3.8) is 0 Å². The van der Waals surface area contributed by atoms with Crippen LogP contribution in [-0.2, 0) is 9.53 Å². The number of halogens is 2. The summed E-state index contributed by atoms with van der Waals surface area (Å²) in [6.45, 7) is 4.47. The monoisotopic (exact) mass is 372 g/mol. The fraction of sp³-hybridized carbons (Fsp3) is 0.286. The molecule has 1 atom stereocenters. The van der Waals surface area contributed by atoms with Crippen molar-refractivity contribution in [1.82, 2.24) is 5.32 Å². The number of nitrogens with zero attached hydrogens (tertiary/aromatic N) is 1. The predicted octanol–water partition coefficient (Wildman–Crippen LogP) is 3.69. The van der Waals surface area contributed by atoms with Gasteiger partial charge in [0.05, 0.1) is 19.3 Å². The fourth-order valence-corrected chi connectivity index (χ4v) is 2.94. The molecular formula is C21H22F2N2O2. The summed E-state index contributed by atoms with van der Waals surface area (Å²) < 4.78 is 32.3. The van der Waals surface area contributed by atoms with E-state index in [-0.39, 0.29) is 23.6 Å². The van der Waals surface area contributed by atoms with Crippen LogP contribution >= 0.6 is 0 Å². The molecule has 1 aliphatic heterocycles. The van der Waals surface area contributed by atoms with Crippen LogP contribution in [0, 0.1) is 11.6 Å². The van der Waals surface area contributed by atoms with Crippen molar-refractivity contribution in [1.29, 1.82) is 0 Å². The lowest BCUT2D eigenvalue weighted by molar-refractivity contribution is -0.117. The molecule has 0 radical (unpaired) electrons. The predicted molar refractivity (Wildman–Crippen MR) is 101 cm³/mol. The molecule has 0 spiro atoms. The molecule has 1 fully saturated rings. The van der Waals surface area contributed by atoms with E-state index in [9.17, 15) is 13.6 Å². The maximum atomic E-state index is 14.1. The Hall–Kier alpha value is -2.73. The molecule has 142 valence electrons. The highest BCUT2D eigenvalue weighted by atomic mass is 19.1. The van der Waals surface area contributed by atoms with E-state index < -0.39 is 0 Å². The Morgan fingerprint density at radius 1 is 1.11 bits per heavy atom. The summed E-state index contributed by atoms with van der Waals surface area (Å²) in [5.41, 5.74) is 2.20. The van der Waals surface area contributed by atoms with Crippen LogP contribution in [0.15, 0.2) is 48.5 Å². The zero-order chi connectivity index (χ0) is 19.2. The SMILES string of the molecule is CC(NC(=O)C=Cc1ccc(F)cc1)c1cc(F)cc(N2CCOCC2)c1.